The van der Waals surface area contributed by atoms with E-state index in [0.717, 1.165) is 24.3 Å². The van der Waals surface area contributed by atoms with Gasteiger partial charge in [0.1, 0.15) is 59.3 Å². The third kappa shape index (κ3) is 5.51. The number of esters is 1. The number of hydrogen-bond donors (Lipinski definition) is 6. The predicted octanol–water partition coefficient (Wildman–Crippen LogP) is -2.48. The Labute approximate surface area is 216 Å². The monoisotopic (exact) mass is 548 g/mol. The Kier molecular flexibility index (Phi) is 7.51. The van der Waals surface area contributed by atoms with Gasteiger partial charge in [0.05, 0.1) is 12.4 Å². The zero-order chi connectivity index (χ0) is 28.6. The number of benzene rings is 2. The van der Waals surface area contributed by atoms with E-state index in [0.29, 0.717) is 0 Å². The molecule has 0 amide bonds. The van der Waals surface area contributed by atoms with Gasteiger partial charge in [-0.15, -0.1) is 0 Å². The summed E-state index contributed by atoms with van der Waals surface area (Å²) in [6, 6.07) is 5.15. The van der Waals surface area contributed by atoms with E-state index in [1.807, 2.05) is 0 Å². The van der Waals surface area contributed by atoms with Crippen LogP contribution in [0, 0.1) is 0 Å². The summed E-state index contributed by atoms with van der Waals surface area (Å²) in [6.45, 7) is -0.732. The number of carboxylic acid groups (broad SMARTS) is 1. The standard InChI is InChI=1S/C24H22O15/c25-10-2-1-8(3-11(10)26)23-21(34)19(32)17-12(27)4-9(5-13(17)38-23)37-24-22(35)20(33)18(31)14(39-24)7-36-16(30)6-15(28)29/h1-5,14,18,20,22,24-27,31,33-35H,6-7H2,(H,28,29)/p-2/t14-,18-,20+,22-,24-/m1/s1. The van der Waals surface area contributed by atoms with Crippen molar-refractivity contribution in [1.29, 1.82) is 0 Å². The van der Waals surface area contributed by atoms with Crippen LogP contribution in [0.5, 0.6) is 28.7 Å². The van der Waals surface area contributed by atoms with Crippen LogP contribution in [0.3, 0.4) is 0 Å². The molecular formula is C24H20O15-2. The van der Waals surface area contributed by atoms with Gasteiger partial charge in [-0.25, -0.2) is 0 Å². The summed E-state index contributed by atoms with van der Waals surface area (Å²) in [6.07, 6.45) is -9.84. The van der Waals surface area contributed by atoms with Gasteiger partial charge >= 0.3 is 5.97 Å². The van der Waals surface area contributed by atoms with E-state index in [1.54, 1.807) is 0 Å². The minimum atomic E-state index is -1.88. The summed E-state index contributed by atoms with van der Waals surface area (Å²) in [5, 5.41) is 82.8. The molecule has 1 fully saturated rings. The molecule has 2 aromatic carbocycles. The molecule has 5 atom stereocenters. The molecule has 3 aromatic rings. The number of hydrogen-bond acceptors (Lipinski definition) is 15. The van der Waals surface area contributed by atoms with Crippen molar-refractivity contribution in [1.82, 2.24) is 0 Å². The predicted molar refractivity (Wildman–Crippen MR) is 120 cm³/mol. The molecule has 208 valence electrons. The normalized spacial score (nSPS) is 22.9. The maximum Gasteiger partial charge on any atom is 0.311 e. The summed E-state index contributed by atoms with van der Waals surface area (Å²) < 4.78 is 21.0. The summed E-state index contributed by atoms with van der Waals surface area (Å²) in [5.41, 5.74) is -1.59. The molecule has 0 bridgehead atoms. The third-order valence-electron chi connectivity index (χ3n) is 5.76. The van der Waals surface area contributed by atoms with E-state index >= 15 is 0 Å². The van der Waals surface area contributed by atoms with Crippen LogP contribution in [0.1, 0.15) is 6.42 Å². The maximum atomic E-state index is 12.7. The highest BCUT2D eigenvalue weighted by molar-refractivity contribution is 5.89. The van der Waals surface area contributed by atoms with Crippen LogP contribution in [-0.4, -0.2) is 79.9 Å². The minimum Gasteiger partial charge on any atom is -0.867 e. The summed E-state index contributed by atoms with van der Waals surface area (Å²) in [5.74, 6) is -6.77. The first-order valence-corrected chi connectivity index (χ1v) is 11.1. The van der Waals surface area contributed by atoms with Crippen LogP contribution in [0.25, 0.3) is 22.3 Å². The first-order chi connectivity index (χ1) is 18.4. The zero-order valence-corrected chi connectivity index (χ0v) is 19.5. The highest BCUT2D eigenvalue weighted by atomic mass is 16.7. The SMILES string of the molecule is O=C([O-])CC(=O)OC[C@H]1O[C@@H](Oc2cc(O)c3c(=O)c([O-])c(-c4ccc(O)c(O)c4)oc3c2)[C@H](O)[C@@H](O)[C@@H]1O. The minimum absolute atomic E-state index is 0.0701. The molecule has 0 spiro atoms. The van der Waals surface area contributed by atoms with Crippen molar-refractivity contribution < 1.29 is 69.1 Å². The van der Waals surface area contributed by atoms with Crippen LogP contribution in [-0.2, 0) is 19.1 Å². The molecule has 0 saturated carbocycles. The van der Waals surface area contributed by atoms with Crippen molar-refractivity contribution >= 4 is 22.9 Å². The number of aliphatic hydroxyl groups is 3. The average Bonchev–Trinajstić information content (AvgIpc) is 2.86. The molecule has 39 heavy (non-hydrogen) atoms. The topological polar surface area (TPSA) is 260 Å². The van der Waals surface area contributed by atoms with Gasteiger partial charge in [-0.2, -0.15) is 0 Å². The lowest BCUT2D eigenvalue weighted by Crippen LogP contribution is -2.60. The Balaban J connectivity index is 1.64. The third-order valence-corrected chi connectivity index (χ3v) is 5.76. The van der Waals surface area contributed by atoms with E-state index in [2.05, 4.69) is 4.74 Å². The van der Waals surface area contributed by atoms with Crippen molar-refractivity contribution in [3.63, 3.8) is 0 Å². The molecule has 0 unspecified atom stereocenters. The quantitative estimate of drug-likeness (QED) is 0.101. The van der Waals surface area contributed by atoms with Crippen LogP contribution >= 0.6 is 0 Å². The molecule has 1 saturated heterocycles. The first-order valence-electron chi connectivity index (χ1n) is 11.1. The number of carbonyl (C=O) groups excluding carboxylic acids is 2. The molecule has 4 rings (SSSR count). The Bertz CT molecular complexity index is 1480. The summed E-state index contributed by atoms with van der Waals surface area (Å²) in [7, 11) is 0. The largest absolute Gasteiger partial charge is 0.867 e. The van der Waals surface area contributed by atoms with Gasteiger partial charge in [-0.3, -0.25) is 9.59 Å². The Morgan fingerprint density at radius 2 is 1.67 bits per heavy atom. The van der Waals surface area contributed by atoms with Crippen LogP contribution < -0.4 is 20.4 Å². The number of rotatable bonds is 7. The molecule has 1 aromatic heterocycles. The van der Waals surface area contributed by atoms with Gasteiger partial charge in [0, 0.05) is 17.7 Å². The lowest BCUT2D eigenvalue weighted by molar-refractivity contribution is -0.305. The van der Waals surface area contributed by atoms with E-state index in [9.17, 15) is 55.2 Å². The molecule has 15 nitrogen and oxygen atoms in total. The highest BCUT2D eigenvalue weighted by Crippen LogP contribution is 2.37. The van der Waals surface area contributed by atoms with Gasteiger partial charge in [0.15, 0.2) is 16.9 Å². The number of fused-ring (bicyclic) bond motifs is 1. The van der Waals surface area contributed by atoms with Gasteiger partial charge in [-0.1, -0.05) is 0 Å². The number of phenols is 3. The summed E-state index contributed by atoms with van der Waals surface area (Å²) >= 11 is 0. The lowest BCUT2D eigenvalue weighted by Gasteiger charge is -2.39. The van der Waals surface area contributed by atoms with E-state index < -0.39 is 95.2 Å². The number of carboxylic acids is 1. The van der Waals surface area contributed by atoms with Crippen molar-refractivity contribution in [2.75, 3.05) is 6.61 Å². The molecule has 1 aliphatic heterocycles. The molecule has 0 aliphatic carbocycles. The van der Waals surface area contributed by atoms with Gasteiger partial charge in [0.25, 0.3) is 0 Å². The van der Waals surface area contributed by atoms with Gasteiger partial charge in [0.2, 0.25) is 6.29 Å². The number of aliphatic carboxylic acids is 1. The van der Waals surface area contributed by atoms with Crippen molar-refractivity contribution in [3.8, 4) is 40.1 Å². The summed E-state index contributed by atoms with van der Waals surface area (Å²) in [4.78, 5) is 34.6. The van der Waals surface area contributed by atoms with E-state index in [4.69, 9.17) is 13.9 Å². The lowest BCUT2D eigenvalue weighted by atomic mass is 9.99. The van der Waals surface area contributed by atoms with Crippen molar-refractivity contribution in [3.05, 3.63) is 40.6 Å². The second-order valence-corrected chi connectivity index (χ2v) is 8.47. The number of phenolic OH excluding ortho intramolecular Hbond substituents is 3. The molecule has 0 radical (unpaired) electrons. The molecule has 1 aliphatic rings. The zero-order valence-electron chi connectivity index (χ0n) is 19.5. The average molecular weight is 548 g/mol. The molecule has 6 N–H and O–H groups in total. The Morgan fingerprint density at radius 3 is 2.33 bits per heavy atom. The van der Waals surface area contributed by atoms with Crippen LogP contribution in [0.2, 0.25) is 0 Å². The molecular weight excluding hydrogens is 528 g/mol. The van der Waals surface area contributed by atoms with Crippen LogP contribution in [0.15, 0.2) is 39.5 Å². The molecule has 15 heteroatoms. The first kappa shape index (κ1) is 27.5. The fraction of sp³-hybridized carbons (Fsp3) is 0.292. The fourth-order valence-corrected chi connectivity index (χ4v) is 3.81. The highest BCUT2D eigenvalue weighted by Gasteiger charge is 2.45. The second kappa shape index (κ2) is 10.7. The van der Waals surface area contributed by atoms with Crippen LogP contribution in [0.4, 0.5) is 0 Å². The molecule has 2 heterocycles. The van der Waals surface area contributed by atoms with Gasteiger partial charge < -0.3 is 64.3 Å². The number of ether oxygens (including phenoxy) is 3. The number of carbonyl (C=O) groups is 2. The Hall–Kier alpha value is -4.57. The Morgan fingerprint density at radius 1 is 0.949 bits per heavy atom. The van der Waals surface area contributed by atoms with Gasteiger partial charge in [-0.05, 0) is 23.9 Å². The van der Waals surface area contributed by atoms with Crippen molar-refractivity contribution in [2.45, 2.75) is 37.1 Å². The fourth-order valence-electron chi connectivity index (χ4n) is 3.81. The van der Waals surface area contributed by atoms with E-state index in [1.165, 1.54) is 6.07 Å². The number of aromatic hydroxyl groups is 3. The number of aliphatic hydroxyl groups excluding tert-OH is 3. The smallest absolute Gasteiger partial charge is 0.311 e. The second-order valence-electron chi connectivity index (χ2n) is 8.47. The van der Waals surface area contributed by atoms with E-state index in [-0.39, 0.29) is 16.9 Å². The van der Waals surface area contributed by atoms with Crippen molar-refractivity contribution in [2.24, 2.45) is 0 Å². The maximum absolute atomic E-state index is 12.7.